The Morgan fingerprint density at radius 1 is 1.33 bits per heavy atom. The molecule has 7 heteroatoms. The van der Waals surface area contributed by atoms with Crippen molar-refractivity contribution in [1.29, 1.82) is 0 Å². The van der Waals surface area contributed by atoms with Gasteiger partial charge in [-0.25, -0.2) is 0 Å². The van der Waals surface area contributed by atoms with Gasteiger partial charge in [0.25, 0.3) is 5.91 Å². The fourth-order valence-electron chi connectivity index (χ4n) is 3.95. The van der Waals surface area contributed by atoms with Crippen LogP contribution in [0.15, 0.2) is 35.1 Å². The van der Waals surface area contributed by atoms with Crippen molar-refractivity contribution in [3.63, 3.8) is 0 Å². The molecule has 1 saturated carbocycles. The maximum absolute atomic E-state index is 12.6. The molecule has 5 rings (SSSR count). The molecule has 2 aromatic heterocycles. The lowest BCUT2D eigenvalue weighted by molar-refractivity contribution is -0.188. The maximum atomic E-state index is 12.6. The third-order valence-corrected chi connectivity index (χ3v) is 5.63. The summed E-state index contributed by atoms with van der Waals surface area (Å²) in [5, 5.41) is 3.95. The number of likely N-dealkylation sites (tertiary alicyclic amines) is 1. The van der Waals surface area contributed by atoms with Crippen molar-refractivity contribution in [3.8, 4) is 0 Å². The first-order chi connectivity index (χ1) is 13.2. The van der Waals surface area contributed by atoms with Gasteiger partial charge in [-0.05, 0) is 30.9 Å². The molecule has 7 nitrogen and oxygen atoms in total. The fraction of sp³-hybridized carbons (Fsp3) is 0.550. The molecule has 142 valence electrons. The molecule has 2 aromatic rings. The quantitative estimate of drug-likeness (QED) is 0.806. The van der Waals surface area contributed by atoms with Gasteiger partial charge in [0.15, 0.2) is 5.69 Å². The van der Waals surface area contributed by atoms with E-state index in [4.69, 9.17) is 14.0 Å². The molecule has 27 heavy (non-hydrogen) atoms. The minimum atomic E-state index is -0.281. The summed E-state index contributed by atoms with van der Waals surface area (Å²) >= 11 is 0. The number of amides is 1. The highest BCUT2D eigenvalue weighted by Crippen LogP contribution is 2.41. The standard InChI is InChI=1S/C20H23N3O4/c24-19(17-8-18(27-22-17)15-3-4-15)23-12-20(13-23)9-16(5-7-26-20)25-11-14-2-1-6-21-10-14/h1-2,6,8,10,15-16H,3-5,7,9,11-13H2. The van der Waals surface area contributed by atoms with Crippen LogP contribution in [0.25, 0.3) is 0 Å². The van der Waals surface area contributed by atoms with E-state index in [1.54, 1.807) is 17.2 Å². The zero-order valence-corrected chi connectivity index (χ0v) is 15.2. The molecule has 2 saturated heterocycles. The summed E-state index contributed by atoms with van der Waals surface area (Å²) in [6.07, 6.45) is 7.67. The Bertz CT molecular complexity index is 812. The first-order valence-corrected chi connectivity index (χ1v) is 9.61. The first kappa shape index (κ1) is 16.9. The molecule has 3 fully saturated rings. The van der Waals surface area contributed by atoms with Gasteiger partial charge in [-0.3, -0.25) is 9.78 Å². The minimum Gasteiger partial charge on any atom is -0.373 e. The maximum Gasteiger partial charge on any atom is 0.276 e. The molecule has 1 atom stereocenters. The van der Waals surface area contributed by atoms with Gasteiger partial charge < -0.3 is 18.9 Å². The highest BCUT2D eigenvalue weighted by molar-refractivity contribution is 5.93. The van der Waals surface area contributed by atoms with E-state index in [1.165, 1.54) is 0 Å². The summed E-state index contributed by atoms with van der Waals surface area (Å²) in [7, 11) is 0. The summed E-state index contributed by atoms with van der Waals surface area (Å²) in [6.45, 7) is 2.39. The number of ether oxygens (including phenoxy) is 2. The Hall–Kier alpha value is -2.25. The average Bonchev–Trinajstić information content (AvgIpc) is 3.42. The van der Waals surface area contributed by atoms with Crippen LogP contribution in [-0.2, 0) is 16.1 Å². The van der Waals surface area contributed by atoms with Crippen molar-refractivity contribution in [3.05, 3.63) is 47.6 Å². The molecule has 1 amide bonds. The number of aromatic nitrogens is 2. The monoisotopic (exact) mass is 369 g/mol. The number of rotatable bonds is 5. The second-order valence-corrected chi connectivity index (χ2v) is 7.87. The van der Waals surface area contributed by atoms with E-state index < -0.39 is 0 Å². The van der Waals surface area contributed by atoms with Crippen LogP contribution in [0.5, 0.6) is 0 Å². The molecule has 4 heterocycles. The van der Waals surface area contributed by atoms with Crippen LogP contribution in [-0.4, -0.2) is 52.3 Å². The Morgan fingerprint density at radius 2 is 2.22 bits per heavy atom. The number of nitrogens with zero attached hydrogens (tertiary/aromatic N) is 3. The lowest BCUT2D eigenvalue weighted by Gasteiger charge is -2.52. The van der Waals surface area contributed by atoms with Crippen molar-refractivity contribution in [2.75, 3.05) is 19.7 Å². The smallest absolute Gasteiger partial charge is 0.276 e. The lowest BCUT2D eigenvalue weighted by Crippen LogP contribution is -2.67. The molecule has 0 bridgehead atoms. The van der Waals surface area contributed by atoms with Gasteiger partial charge in [0.05, 0.1) is 25.8 Å². The highest BCUT2D eigenvalue weighted by atomic mass is 16.5. The summed E-state index contributed by atoms with van der Waals surface area (Å²) in [5.41, 5.74) is 1.20. The first-order valence-electron chi connectivity index (χ1n) is 9.61. The van der Waals surface area contributed by atoms with Crippen molar-refractivity contribution in [1.82, 2.24) is 15.0 Å². The van der Waals surface area contributed by atoms with Gasteiger partial charge in [-0.2, -0.15) is 0 Å². The second-order valence-electron chi connectivity index (χ2n) is 7.87. The number of hydrogen-bond acceptors (Lipinski definition) is 6. The van der Waals surface area contributed by atoms with E-state index in [1.807, 2.05) is 18.3 Å². The lowest BCUT2D eigenvalue weighted by atomic mass is 9.84. The summed E-state index contributed by atoms with van der Waals surface area (Å²) < 4.78 is 17.4. The SMILES string of the molecule is O=C(c1cc(C2CC2)on1)N1CC2(CC(OCc3cccnc3)CCO2)C1. The van der Waals surface area contributed by atoms with Crippen LogP contribution in [0.3, 0.4) is 0 Å². The zero-order chi connectivity index (χ0) is 18.3. The molecule has 0 N–H and O–H groups in total. The molecule has 0 radical (unpaired) electrons. The normalized spacial score (nSPS) is 24.0. The molecule has 3 aliphatic rings. The van der Waals surface area contributed by atoms with Crippen LogP contribution in [0.4, 0.5) is 0 Å². The molecule has 1 aliphatic carbocycles. The highest BCUT2D eigenvalue weighted by Gasteiger charge is 2.50. The van der Waals surface area contributed by atoms with Gasteiger partial charge in [0, 0.05) is 37.4 Å². The topological polar surface area (TPSA) is 77.7 Å². The van der Waals surface area contributed by atoms with E-state index >= 15 is 0 Å². The molecular weight excluding hydrogens is 346 g/mol. The molecule has 2 aliphatic heterocycles. The number of carbonyl (C=O) groups is 1. The van der Waals surface area contributed by atoms with Crippen LogP contribution < -0.4 is 0 Å². The zero-order valence-electron chi connectivity index (χ0n) is 15.2. The van der Waals surface area contributed by atoms with E-state index in [9.17, 15) is 4.79 Å². The average molecular weight is 369 g/mol. The van der Waals surface area contributed by atoms with Crippen LogP contribution >= 0.6 is 0 Å². The molecule has 1 unspecified atom stereocenters. The third-order valence-electron chi connectivity index (χ3n) is 5.63. The van der Waals surface area contributed by atoms with Gasteiger partial charge in [-0.1, -0.05) is 11.2 Å². The fourth-order valence-corrected chi connectivity index (χ4v) is 3.95. The van der Waals surface area contributed by atoms with Crippen molar-refractivity contribution in [2.45, 2.75) is 49.9 Å². The van der Waals surface area contributed by atoms with Crippen LogP contribution in [0.1, 0.15) is 53.4 Å². The van der Waals surface area contributed by atoms with E-state index in [2.05, 4.69) is 10.1 Å². The number of carbonyl (C=O) groups excluding carboxylic acids is 1. The number of pyridine rings is 1. The van der Waals surface area contributed by atoms with Gasteiger partial charge in [0.2, 0.25) is 0 Å². The summed E-state index contributed by atoms with van der Waals surface area (Å²) in [5.74, 6) is 1.23. The van der Waals surface area contributed by atoms with Gasteiger partial charge in [0.1, 0.15) is 11.4 Å². The minimum absolute atomic E-state index is 0.0710. The third kappa shape index (κ3) is 3.49. The van der Waals surface area contributed by atoms with Crippen molar-refractivity contribution < 1.29 is 18.8 Å². The van der Waals surface area contributed by atoms with Crippen LogP contribution in [0, 0.1) is 0 Å². The molecule has 1 spiro atoms. The predicted molar refractivity (Wildman–Crippen MR) is 95.1 cm³/mol. The predicted octanol–water partition coefficient (Wildman–Crippen LogP) is 2.54. The molecular formula is C20H23N3O4. The molecule has 0 aromatic carbocycles. The second kappa shape index (κ2) is 6.73. The van der Waals surface area contributed by atoms with E-state index in [-0.39, 0.29) is 17.6 Å². The van der Waals surface area contributed by atoms with E-state index in [0.717, 1.165) is 37.0 Å². The number of hydrogen-bond donors (Lipinski definition) is 0. The Balaban J connectivity index is 1.15. The van der Waals surface area contributed by atoms with Crippen molar-refractivity contribution >= 4 is 5.91 Å². The Morgan fingerprint density at radius 3 is 3.00 bits per heavy atom. The van der Waals surface area contributed by atoms with E-state index in [0.29, 0.717) is 37.9 Å². The van der Waals surface area contributed by atoms with Crippen LogP contribution in [0.2, 0.25) is 0 Å². The van der Waals surface area contributed by atoms with Gasteiger partial charge >= 0.3 is 0 Å². The van der Waals surface area contributed by atoms with Crippen molar-refractivity contribution in [2.24, 2.45) is 0 Å². The summed E-state index contributed by atoms with van der Waals surface area (Å²) in [6, 6.07) is 5.73. The largest absolute Gasteiger partial charge is 0.373 e. The van der Waals surface area contributed by atoms with Gasteiger partial charge in [-0.15, -0.1) is 0 Å². The Kier molecular flexibility index (Phi) is 4.21. The Labute approximate surface area is 157 Å². The summed E-state index contributed by atoms with van der Waals surface area (Å²) in [4.78, 5) is 18.5.